The minimum atomic E-state index is -0.134. The van der Waals surface area contributed by atoms with E-state index in [1.165, 1.54) is 4.88 Å². The highest BCUT2D eigenvalue weighted by atomic mass is 32.1. The van der Waals surface area contributed by atoms with Gasteiger partial charge in [0.25, 0.3) is 0 Å². The summed E-state index contributed by atoms with van der Waals surface area (Å²) in [5, 5.41) is 2.12. The minimum Gasteiger partial charge on any atom is -0.496 e. The summed E-state index contributed by atoms with van der Waals surface area (Å²) in [6, 6.07) is 9.83. The van der Waals surface area contributed by atoms with E-state index >= 15 is 0 Å². The maximum Gasteiger partial charge on any atom is 0.173 e. The maximum atomic E-state index is 13.5. The molecule has 2 fully saturated rings. The van der Waals surface area contributed by atoms with Gasteiger partial charge >= 0.3 is 0 Å². The topological polar surface area (TPSA) is 57.2 Å². The highest BCUT2D eigenvalue weighted by molar-refractivity contribution is 7.09. The number of rotatable bonds is 6. The summed E-state index contributed by atoms with van der Waals surface area (Å²) in [5.74, 6) is 1.47. The Balaban J connectivity index is 1.31. The zero-order valence-electron chi connectivity index (χ0n) is 18.5. The van der Waals surface area contributed by atoms with Gasteiger partial charge in [0.05, 0.1) is 44.8 Å². The van der Waals surface area contributed by atoms with Gasteiger partial charge in [-0.05, 0) is 48.4 Å². The van der Waals surface area contributed by atoms with Crippen molar-refractivity contribution < 1.29 is 23.7 Å². The molecule has 7 heteroatoms. The van der Waals surface area contributed by atoms with Crippen molar-refractivity contribution in [2.75, 3.05) is 34.0 Å². The third-order valence-corrected chi connectivity index (χ3v) is 7.83. The van der Waals surface area contributed by atoms with Crippen LogP contribution < -0.4 is 9.47 Å². The Labute approximate surface area is 192 Å². The van der Waals surface area contributed by atoms with E-state index in [1.807, 2.05) is 18.2 Å². The average molecular weight is 456 g/mol. The lowest BCUT2D eigenvalue weighted by molar-refractivity contribution is -0.169. The van der Waals surface area contributed by atoms with Crippen LogP contribution in [-0.4, -0.2) is 56.9 Å². The van der Waals surface area contributed by atoms with Crippen molar-refractivity contribution in [3.8, 4) is 11.5 Å². The molecule has 2 aliphatic heterocycles. The molecule has 1 saturated heterocycles. The first kappa shape index (κ1) is 21.5. The van der Waals surface area contributed by atoms with Gasteiger partial charge in [0, 0.05) is 23.9 Å². The Morgan fingerprint density at radius 3 is 2.81 bits per heavy atom. The molecular weight excluding hydrogens is 426 g/mol. The third kappa shape index (κ3) is 4.05. The fourth-order valence-electron chi connectivity index (χ4n) is 5.19. The number of carbonyl (C=O) groups excluding carboxylic acids is 1. The zero-order valence-corrected chi connectivity index (χ0v) is 19.3. The molecule has 3 heterocycles. The van der Waals surface area contributed by atoms with Gasteiger partial charge in [-0.15, -0.1) is 11.3 Å². The fraction of sp³-hybridized carbons (Fsp3) is 0.480. The molecule has 4 unspecified atom stereocenters. The molecule has 0 N–H and O–H groups in total. The minimum absolute atomic E-state index is 0.130. The van der Waals surface area contributed by atoms with Gasteiger partial charge in [-0.3, -0.25) is 9.69 Å². The lowest BCUT2D eigenvalue weighted by Crippen LogP contribution is -2.56. The van der Waals surface area contributed by atoms with Crippen LogP contribution in [0, 0.1) is 11.8 Å². The smallest absolute Gasteiger partial charge is 0.173 e. The highest BCUT2D eigenvalue weighted by Crippen LogP contribution is 2.42. The van der Waals surface area contributed by atoms with E-state index in [2.05, 4.69) is 22.4 Å². The second-order valence-electron chi connectivity index (χ2n) is 8.65. The molecule has 3 aliphatic rings. The molecule has 32 heavy (non-hydrogen) atoms. The number of ketones is 1. The monoisotopic (exact) mass is 455 g/mol. The lowest BCUT2D eigenvalue weighted by atomic mass is 9.71. The van der Waals surface area contributed by atoms with Gasteiger partial charge in [0.15, 0.2) is 17.3 Å². The molecule has 2 aromatic rings. The van der Waals surface area contributed by atoms with Crippen molar-refractivity contribution in [3.63, 3.8) is 0 Å². The van der Waals surface area contributed by atoms with Crippen LogP contribution in [0.25, 0.3) is 5.57 Å². The van der Waals surface area contributed by atoms with E-state index in [4.69, 9.17) is 18.9 Å². The number of fused-ring (bicyclic) bond motifs is 3. The van der Waals surface area contributed by atoms with Gasteiger partial charge in [0.2, 0.25) is 0 Å². The zero-order chi connectivity index (χ0) is 22.1. The molecule has 1 aromatic heterocycles. The normalized spacial score (nSPS) is 27.7. The molecule has 5 rings (SSSR count). The Morgan fingerprint density at radius 1 is 1.16 bits per heavy atom. The summed E-state index contributed by atoms with van der Waals surface area (Å²) in [6.45, 7) is 2.52. The first-order valence-electron chi connectivity index (χ1n) is 11.2. The number of Topliss-reactive ketones (excluding diaryl/α,β-unsaturated/α-hetero) is 1. The van der Waals surface area contributed by atoms with E-state index in [1.54, 1.807) is 31.8 Å². The van der Waals surface area contributed by atoms with Crippen LogP contribution in [0.15, 0.2) is 42.0 Å². The maximum absolute atomic E-state index is 13.5. The largest absolute Gasteiger partial charge is 0.496 e. The van der Waals surface area contributed by atoms with Crippen molar-refractivity contribution in [1.29, 1.82) is 0 Å². The first-order chi connectivity index (χ1) is 15.7. The number of hydrogen-bond donors (Lipinski definition) is 0. The number of methoxy groups -OCH3 is 2. The summed E-state index contributed by atoms with van der Waals surface area (Å²) in [6.07, 6.45) is 4.41. The fourth-order valence-corrected chi connectivity index (χ4v) is 5.88. The Morgan fingerprint density at radius 2 is 2.03 bits per heavy atom. The lowest BCUT2D eigenvalue weighted by Gasteiger charge is -2.48. The summed E-state index contributed by atoms with van der Waals surface area (Å²) >= 11 is 1.79. The molecule has 1 aromatic carbocycles. The van der Waals surface area contributed by atoms with Crippen LogP contribution in [0.2, 0.25) is 0 Å². The summed E-state index contributed by atoms with van der Waals surface area (Å²) < 4.78 is 23.2. The number of ether oxygens (including phenoxy) is 4. The van der Waals surface area contributed by atoms with Gasteiger partial charge in [-0.1, -0.05) is 12.1 Å². The second-order valence-corrected chi connectivity index (χ2v) is 9.69. The average Bonchev–Trinajstić information content (AvgIpc) is 3.36. The predicted molar refractivity (Wildman–Crippen MR) is 123 cm³/mol. The third-order valence-electron chi connectivity index (χ3n) is 6.89. The van der Waals surface area contributed by atoms with Crippen LogP contribution in [0.5, 0.6) is 11.5 Å². The van der Waals surface area contributed by atoms with E-state index in [0.29, 0.717) is 23.8 Å². The summed E-state index contributed by atoms with van der Waals surface area (Å²) in [5.41, 5.74) is 1.41. The molecule has 0 spiro atoms. The quantitative estimate of drug-likeness (QED) is 0.656. The Kier molecular flexibility index (Phi) is 6.22. The number of carbonyl (C=O) groups is 1. The van der Waals surface area contributed by atoms with Crippen molar-refractivity contribution >= 4 is 22.7 Å². The number of benzene rings is 1. The number of thiophene rings is 1. The number of nitrogens with zero attached hydrogens (tertiary/aromatic N) is 1. The van der Waals surface area contributed by atoms with Crippen LogP contribution in [0.4, 0.5) is 0 Å². The van der Waals surface area contributed by atoms with Crippen LogP contribution in [-0.2, 0) is 20.7 Å². The highest BCUT2D eigenvalue weighted by Gasteiger charge is 2.49. The summed E-state index contributed by atoms with van der Waals surface area (Å²) in [4.78, 5) is 17.2. The molecule has 170 valence electrons. The molecule has 0 amide bonds. The van der Waals surface area contributed by atoms with Crippen LogP contribution in [0.1, 0.15) is 23.3 Å². The standard InChI is InChI=1S/C25H29NO5S/c1-28-22-7-5-16(12-23(22)29-2)20-14-30-25-18(24(20)27)6-8-21-19(25)13-26(15-31-21)10-9-17-4-3-11-32-17/h3-5,7,11-12,14,18-19,21,25H,6,8-10,13,15H2,1-2H3. The first-order valence-corrected chi connectivity index (χ1v) is 12.0. The Bertz CT molecular complexity index is 988. The van der Waals surface area contributed by atoms with E-state index in [9.17, 15) is 4.79 Å². The van der Waals surface area contributed by atoms with E-state index < -0.39 is 0 Å². The van der Waals surface area contributed by atoms with Gasteiger partial charge < -0.3 is 18.9 Å². The SMILES string of the molecule is COc1ccc(C2=COC3C(CCC4OCN(CCc5cccs5)CC43)C2=O)cc1OC. The van der Waals surface area contributed by atoms with Crippen LogP contribution in [0.3, 0.4) is 0 Å². The van der Waals surface area contributed by atoms with Gasteiger partial charge in [-0.25, -0.2) is 0 Å². The van der Waals surface area contributed by atoms with Crippen molar-refractivity contribution in [2.45, 2.75) is 31.5 Å². The predicted octanol–water partition coefficient (Wildman–Crippen LogP) is 4.00. The van der Waals surface area contributed by atoms with Crippen LogP contribution >= 0.6 is 11.3 Å². The van der Waals surface area contributed by atoms with Crippen molar-refractivity contribution in [2.24, 2.45) is 11.8 Å². The molecule has 4 atom stereocenters. The molecule has 0 bridgehead atoms. The molecule has 1 saturated carbocycles. The van der Waals surface area contributed by atoms with E-state index in [0.717, 1.165) is 37.9 Å². The van der Waals surface area contributed by atoms with Gasteiger partial charge in [-0.2, -0.15) is 0 Å². The molecule has 6 nitrogen and oxygen atoms in total. The van der Waals surface area contributed by atoms with Crippen molar-refractivity contribution in [3.05, 3.63) is 52.4 Å². The van der Waals surface area contributed by atoms with E-state index in [-0.39, 0.29) is 29.8 Å². The number of hydrogen-bond acceptors (Lipinski definition) is 7. The second kappa shape index (κ2) is 9.25. The van der Waals surface area contributed by atoms with Gasteiger partial charge in [0.1, 0.15) is 6.10 Å². The molecule has 1 aliphatic carbocycles. The number of allylic oxidation sites excluding steroid dienone is 1. The molecule has 0 radical (unpaired) electrons. The summed E-state index contributed by atoms with van der Waals surface area (Å²) in [7, 11) is 3.20. The molecular formula is C25H29NO5S. The Hall–Kier alpha value is -2.35. The van der Waals surface area contributed by atoms with Crippen molar-refractivity contribution in [1.82, 2.24) is 4.90 Å².